The molecule has 3 N–H and O–H groups in total. The zero-order valence-corrected chi connectivity index (χ0v) is 23.2. The summed E-state index contributed by atoms with van der Waals surface area (Å²) in [6.45, 7) is 7.06. The first-order valence-corrected chi connectivity index (χ1v) is 14.1. The van der Waals surface area contributed by atoms with Crippen LogP contribution in [-0.2, 0) is 11.2 Å². The van der Waals surface area contributed by atoms with Crippen molar-refractivity contribution >= 4 is 40.1 Å². The van der Waals surface area contributed by atoms with Gasteiger partial charge in [0.15, 0.2) is 0 Å². The van der Waals surface area contributed by atoms with Crippen LogP contribution in [0.4, 0.5) is 10.5 Å². The lowest BCUT2D eigenvalue weighted by Crippen LogP contribution is -2.57. The minimum atomic E-state index is -0.724. The Morgan fingerprint density at radius 2 is 1.92 bits per heavy atom. The number of nitrogens with zero attached hydrogens (tertiary/aromatic N) is 2. The van der Waals surface area contributed by atoms with Gasteiger partial charge in [-0.05, 0) is 80.1 Å². The van der Waals surface area contributed by atoms with Gasteiger partial charge in [-0.2, -0.15) is 0 Å². The number of aromatic amines is 1. The van der Waals surface area contributed by atoms with E-state index in [1.165, 1.54) is 0 Å². The van der Waals surface area contributed by atoms with Crippen molar-refractivity contribution in [1.29, 1.82) is 0 Å². The van der Waals surface area contributed by atoms with Crippen molar-refractivity contribution in [2.24, 2.45) is 11.8 Å². The summed E-state index contributed by atoms with van der Waals surface area (Å²) in [5, 5.41) is 8.18. The SMILES string of the molecule is CNC[C@H]1Cc2cc(Cl)ccc2N(C(=O)[C@H](NC(=O)N2CCC(C)CC2)[C@@H](C)c2c[nH]c3ccccc23)C1. The monoisotopic (exact) mass is 535 g/mol. The largest absolute Gasteiger partial charge is 0.361 e. The molecule has 5 rings (SSSR count). The van der Waals surface area contributed by atoms with E-state index in [1.807, 2.05) is 66.4 Å². The molecule has 1 saturated heterocycles. The molecule has 0 saturated carbocycles. The van der Waals surface area contributed by atoms with Gasteiger partial charge in [0.05, 0.1) is 0 Å². The number of likely N-dealkylation sites (tertiary alicyclic amines) is 1. The van der Waals surface area contributed by atoms with Crippen molar-refractivity contribution in [2.45, 2.75) is 45.1 Å². The highest BCUT2D eigenvalue weighted by atomic mass is 35.5. The van der Waals surface area contributed by atoms with E-state index in [4.69, 9.17) is 11.6 Å². The van der Waals surface area contributed by atoms with Crippen LogP contribution in [0.5, 0.6) is 0 Å². The van der Waals surface area contributed by atoms with Crippen molar-refractivity contribution < 1.29 is 9.59 Å². The number of fused-ring (bicyclic) bond motifs is 2. The number of benzene rings is 2. The number of halogens is 1. The first kappa shape index (κ1) is 26.6. The summed E-state index contributed by atoms with van der Waals surface area (Å²) in [5.74, 6) is 0.526. The molecular weight excluding hydrogens is 498 g/mol. The fraction of sp³-hybridized carbons (Fsp3) is 0.467. The molecule has 8 heteroatoms. The number of carbonyl (C=O) groups is 2. The van der Waals surface area contributed by atoms with Crippen molar-refractivity contribution in [3.05, 3.63) is 64.8 Å². The second kappa shape index (κ2) is 11.4. The highest BCUT2D eigenvalue weighted by Crippen LogP contribution is 2.35. The molecule has 3 amide bonds. The van der Waals surface area contributed by atoms with Gasteiger partial charge >= 0.3 is 6.03 Å². The molecule has 2 aromatic carbocycles. The highest BCUT2D eigenvalue weighted by molar-refractivity contribution is 6.30. The van der Waals surface area contributed by atoms with Crippen LogP contribution in [0.15, 0.2) is 48.7 Å². The maximum absolute atomic E-state index is 14.5. The Bertz CT molecular complexity index is 1300. The van der Waals surface area contributed by atoms with Crippen LogP contribution in [0.25, 0.3) is 10.9 Å². The van der Waals surface area contributed by atoms with Crippen LogP contribution in [0.3, 0.4) is 0 Å². The van der Waals surface area contributed by atoms with Crippen molar-refractivity contribution in [3.63, 3.8) is 0 Å². The number of carbonyl (C=O) groups excluding carboxylic acids is 2. The predicted octanol–water partition coefficient (Wildman–Crippen LogP) is 5.16. The number of nitrogens with one attached hydrogen (secondary N) is 3. The Hall–Kier alpha value is -3.03. The topological polar surface area (TPSA) is 80.5 Å². The molecule has 2 aliphatic heterocycles. The quantitative estimate of drug-likeness (QED) is 0.408. The molecule has 0 bridgehead atoms. The van der Waals surface area contributed by atoms with E-state index < -0.39 is 6.04 Å². The summed E-state index contributed by atoms with van der Waals surface area (Å²) >= 11 is 6.34. The minimum absolute atomic E-state index is 0.0918. The van der Waals surface area contributed by atoms with Gasteiger partial charge in [-0.1, -0.05) is 43.6 Å². The molecule has 0 spiro atoms. The van der Waals surface area contributed by atoms with Gasteiger partial charge in [0.25, 0.3) is 0 Å². The first-order valence-electron chi connectivity index (χ1n) is 13.7. The number of para-hydroxylation sites is 1. The van der Waals surface area contributed by atoms with Gasteiger partial charge in [0.1, 0.15) is 6.04 Å². The summed E-state index contributed by atoms with van der Waals surface area (Å²) in [7, 11) is 1.93. The Morgan fingerprint density at radius 1 is 1.16 bits per heavy atom. The van der Waals surface area contributed by atoms with Gasteiger partial charge in [0.2, 0.25) is 5.91 Å². The zero-order chi connectivity index (χ0) is 26.8. The Kier molecular flexibility index (Phi) is 7.96. The van der Waals surface area contributed by atoms with Crippen LogP contribution in [0.1, 0.15) is 43.7 Å². The van der Waals surface area contributed by atoms with E-state index >= 15 is 0 Å². The second-order valence-electron chi connectivity index (χ2n) is 11.0. The molecule has 3 atom stereocenters. The smallest absolute Gasteiger partial charge is 0.318 e. The Balaban J connectivity index is 1.49. The molecule has 38 heavy (non-hydrogen) atoms. The average Bonchev–Trinajstić information content (AvgIpc) is 3.35. The number of hydrogen-bond donors (Lipinski definition) is 3. The molecule has 7 nitrogen and oxygen atoms in total. The average molecular weight is 536 g/mol. The van der Waals surface area contributed by atoms with Crippen LogP contribution >= 0.6 is 11.6 Å². The van der Waals surface area contributed by atoms with E-state index in [-0.39, 0.29) is 23.8 Å². The molecule has 0 unspecified atom stereocenters. The fourth-order valence-corrected chi connectivity index (χ4v) is 6.20. The number of H-pyrrole nitrogens is 1. The summed E-state index contributed by atoms with van der Waals surface area (Å²) < 4.78 is 0. The summed E-state index contributed by atoms with van der Waals surface area (Å²) in [4.78, 5) is 35.0. The normalized spacial score (nSPS) is 19.7. The summed E-state index contributed by atoms with van der Waals surface area (Å²) in [5.41, 5.74) is 3.98. The number of urea groups is 1. The van der Waals surface area contributed by atoms with E-state index in [9.17, 15) is 9.59 Å². The van der Waals surface area contributed by atoms with Crippen molar-refractivity contribution in [1.82, 2.24) is 20.5 Å². The van der Waals surface area contributed by atoms with E-state index in [0.717, 1.165) is 53.5 Å². The molecule has 3 heterocycles. The van der Waals surface area contributed by atoms with Gasteiger partial charge < -0.3 is 25.4 Å². The fourth-order valence-electron chi connectivity index (χ4n) is 6.00. The van der Waals surface area contributed by atoms with Gasteiger partial charge in [-0.25, -0.2) is 4.79 Å². The van der Waals surface area contributed by atoms with Crippen molar-refractivity contribution in [3.8, 4) is 0 Å². The Labute approximate surface area is 229 Å². The number of anilines is 1. The van der Waals surface area contributed by atoms with Crippen LogP contribution in [-0.4, -0.2) is 61.1 Å². The number of piperidine rings is 1. The zero-order valence-electron chi connectivity index (χ0n) is 22.5. The first-order chi connectivity index (χ1) is 18.4. The number of rotatable bonds is 6. The third-order valence-corrected chi connectivity index (χ3v) is 8.50. The lowest BCUT2D eigenvalue weighted by Gasteiger charge is -2.39. The lowest BCUT2D eigenvalue weighted by molar-refractivity contribution is -0.121. The summed E-state index contributed by atoms with van der Waals surface area (Å²) in [6, 6.07) is 12.9. The van der Waals surface area contributed by atoms with Gasteiger partial charge in [-0.3, -0.25) is 4.79 Å². The Morgan fingerprint density at radius 3 is 2.68 bits per heavy atom. The molecule has 0 aliphatic carbocycles. The predicted molar refractivity (Wildman–Crippen MR) is 154 cm³/mol. The minimum Gasteiger partial charge on any atom is -0.361 e. The molecular formula is C30H38ClN5O2. The summed E-state index contributed by atoms with van der Waals surface area (Å²) in [6.07, 6.45) is 4.78. The lowest BCUT2D eigenvalue weighted by atomic mass is 9.88. The van der Waals surface area contributed by atoms with Gasteiger partial charge in [-0.15, -0.1) is 0 Å². The van der Waals surface area contributed by atoms with Crippen LogP contribution < -0.4 is 15.5 Å². The molecule has 202 valence electrons. The third kappa shape index (κ3) is 5.40. The number of amides is 3. The highest BCUT2D eigenvalue weighted by Gasteiger charge is 2.38. The molecule has 1 aromatic heterocycles. The molecule has 3 aromatic rings. The van der Waals surface area contributed by atoms with Gasteiger partial charge in [0, 0.05) is 53.4 Å². The van der Waals surface area contributed by atoms with Crippen LogP contribution in [0.2, 0.25) is 5.02 Å². The third-order valence-electron chi connectivity index (χ3n) is 8.27. The molecule has 1 fully saturated rings. The van der Waals surface area contributed by atoms with E-state index in [2.05, 4.69) is 28.6 Å². The molecule has 0 radical (unpaired) electrons. The van der Waals surface area contributed by atoms with E-state index in [1.54, 1.807) is 0 Å². The molecule has 2 aliphatic rings. The standard InChI is InChI=1S/C30H38ClN5O2/c1-19-10-12-35(13-11-19)30(38)34-28(20(2)25-17-33-26-7-5-4-6-24(25)26)29(37)36-18-21(16-32-3)14-22-15-23(31)8-9-27(22)36/h4-9,15,17,19-21,28,32-33H,10-14,16,18H2,1-3H3,(H,34,38)/t20-,21+,28+/m0/s1. The second-order valence-corrected chi connectivity index (χ2v) is 11.5. The maximum Gasteiger partial charge on any atom is 0.318 e. The van der Waals surface area contributed by atoms with E-state index in [0.29, 0.717) is 30.6 Å². The van der Waals surface area contributed by atoms with Crippen LogP contribution in [0, 0.1) is 11.8 Å². The van der Waals surface area contributed by atoms with Crippen molar-refractivity contribution in [2.75, 3.05) is 38.1 Å². The number of hydrogen-bond acceptors (Lipinski definition) is 3. The maximum atomic E-state index is 14.5. The number of aromatic nitrogens is 1.